The number of aromatic nitrogens is 2. The third-order valence-electron chi connectivity index (χ3n) is 2.56. The summed E-state index contributed by atoms with van der Waals surface area (Å²) < 4.78 is 0. The van der Waals surface area contributed by atoms with Crippen LogP contribution in [0.25, 0.3) is 10.2 Å². The van der Waals surface area contributed by atoms with Gasteiger partial charge in [0.25, 0.3) is 0 Å². The molecule has 0 radical (unpaired) electrons. The van der Waals surface area contributed by atoms with Crippen molar-refractivity contribution in [2.75, 3.05) is 5.73 Å². The normalized spacial score (nSPS) is 11.0. The highest BCUT2D eigenvalue weighted by molar-refractivity contribution is 7.98. The number of nitrogen functional groups attached to an aromatic ring is 1. The Morgan fingerprint density at radius 2 is 2.16 bits per heavy atom. The summed E-state index contributed by atoms with van der Waals surface area (Å²) in [4.78, 5) is 10.9. The van der Waals surface area contributed by atoms with Crippen LogP contribution in [0.4, 0.5) is 5.82 Å². The van der Waals surface area contributed by atoms with Gasteiger partial charge in [-0.3, -0.25) is 0 Å². The molecule has 0 amide bonds. The van der Waals surface area contributed by atoms with E-state index >= 15 is 0 Å². The number of halogens is 1. The molecule has 0 bridgehead atoms. The summed E-state index contributed by atoms with van der Waals surface area (Å²) in [6, 6.07) is 9.69. The Labute approximate surface area is 123 Å². The molecule has 0 saturated carbocycles. The van der Waals surface area contributed by atoms with Crippen molar-refractivity contribution >= 4 is 50.7 Å². The third-order valence-corrected chi connectivity index (χ3v) is 4.60. The van der Waals surface area contributed by atoms with Gasteiger partial charge in [-0.25, -0.2) is 9.97 Å². The summed E-state index contributed by atoms with van der Waals surface area (Å²) in [5.41, 5.74) is 5.92. The van der Waals surface area contributed by atoms with Gasteiger partial charge in [0.2, 0.25) is 0 Å². The van der Waals surface area contributed by atoms with E-state index in [0.717, 1.165) is 26.0 Å². The van der Waals surface area contributed by atoms with Gasteiger partial charge in [0.05, 0.1) is 11.1 Å². The zero-order valence-electron chi connectivity index (χ0n) is 9.84. The largest absolute Gasteiger partial charge is 0.383 e. The number of benzene rings is 1. The van der Waals surface area contributed by atoms with E-state index in [1.54, 1.807) is 23.1 Å². The fourth-order valence-corrected chi connectivity index (χ4v) is 3.55. The molecule has 0 unspecified atom stereocenters. The van der Waals surface area contributed by atoms with Gasteiger partial charge in [0.15, 0.2) is 0 Å². The number of thioether (sulfide) groups is 1. The van der Waals surface area contributed by atoms with Crippen molar-refractivity contribution in [1.29, 1.82) is 0 Å². The minimum absolute atomic E-state index is 0.549. The monoisotopic (exact) mass is 307 g/mol. The first-order chi connectivity index (χ1) is 9.22. The lowest BCUT2D eigenvalue weighted by molar-refractivity contribution is 1.08. The Morgan fingerprint density at radius 3 is 3.00 bits per heavy atom. The van der Waals surface area contributed by atoms with Crippen molar-refractivity contribution in [2.45, 2.75) is 10.6 Å². The molecule has 96 valence electrons. The molecular formula is C13H10ClN3S2. The fourth-order valence-electron chi connectivity index (χ4n) is 1.69. The molecule has 19 heavy (non-hydrogen) atoms. The van der Waals surface area contributed by atoms with Gasteiger partial charge >= 0.3 is 0 Å². The summed E-state index contributed by atoms with van der Waals surface area (Å²) in [5.74, 6) is 1.98. The number of thiophene rings is 1. The lowest BCUT2D eigenvalue weighted by Gasteiger charge is -2.03. The Morgan fingerprint density at radius 1 is 1.26 bits per heavy atom. The fraction of sp³-hybridized carbons (Fsp3) is 0.0769. The summed E-state index contributed by atoms with van der Waals surface area (Å²) >= 11 is 9.18. The molecule has 3 aromatic rings. The first-order valence-corrected chi connectivity index (χ1v) is 7.84. The standard InChI is InChI=1S/C13H10ClN3S2/c14-8-2-1-3-9(6-8)19-7-11-16-12(15)10-4-5-18-13(10)17-11/h1-6H,7H2,(H2,15,16,17). The van der Waals surface area contributed by atoms with Crippen LogP contribution >= 0.6 is 34.7 Å². The Kier molecular flexibility index (Phi) is 3.59. The summed E-state index contributed by atoms with van der Waals surface area (Å²) in [5, 5.41) is 3.64. The third kappa shape index (κ3) is 2.83. The maximum Gasteiger partial charge on any atom is 0.142 e. The van der Waals surface area contributed by atoms with Crippen LogP contribution in [0.2, 0.25) is 5.02 Å². The molecule has 2 aromatic heterocycles. The molecule has 0 atom stereocenters. The molecule has 6 heteroatoms. The zero-order chi connectivity index (χ0) is 13.2. The minimum atomic E-state index is 0.549. The predicted octanol–water partition coefficient (Wildman–Crippen LogP) is 4.22. The van der Waals surface area contributed by atoms with Crippen LogP contribution < -0.4 is 5.73 Å². The van der Waals surface area contributed by atoms with E-state index in [4.69, 9.17) is 17.3 Å². The van der Waals surface area contributed by atoms with E-state index < -0.39 is 0 Å². The molecule has 0 saturated heterocycles. The highest BCUT2D eigenvalue weighted by Crippen LogP contribution is 2.27. The van der Waals surface area contributed by atoms with E-state index in [0.29, 0.717) is 11.6 Å². The second-order valence-electron chi connectivity index (χ2n) is 3.91. The average molecular weight is 308 g/mol. The van der Waals surface area contributed by atoms with Crippen LogP contribution in [0, 0.1) is 0 Å². The lowest BCUT2D eigenvalue weighted by Crippen LogP contribution is -1.98. The molecule has 3 rings (SSSR count). The molecular weight excluding hydrogens is 298 g/mol. The topological polar surface area (TPSA) is 51.8 Å². The van der Waals surface area contributed by atoms with Crippen molar-refractivity contribution in [3.05, 3.63) is 46.6 Å². The van der Waals surface area contributed by atoms with E-state index in [-0.39, 0.29) is 0 Å². The van der Waals surface area contributed by atoms with Gasteiger partial charge in [-0.1, -0.05) is 17.7 Å². The number of fused-ring (bicyclic) bond motifs is 1. The van der Waals surface area contributed by atoms with Crippen molar-refractivity contribution in [3.8, 4) is 0 Å². The van der Waals surface area contributed by atoms with Crippen LogP contribution in [-0.2, 0) is 5.75 Å². The minimum Gasteiger partial charge on any atom is -0.383 e. The number of nitrogens with two attached hydrogens (primary N) is 1. The van der Waals surface area contributed by atoms with Gasteiger partial charge in [-0.2, -0.15) is 0 Å². The quantitative estimate of drug-likeness (QED) is 0.736. The van der Waals surface area contributed by atoms with Gasteiger partial charge in [-0.05, 0) is 29.6 Å². The Balaban J connectivity index is 1.81. The average Bonchev–Trinajstić information content (AvgIpc) is 2.85. The van der Waals surface area contributed by atoms with Crippen LogP contribution in [0.5, 0.6) is 0 Å². The first-order valence-electron chi connectivity index (χ1n) is 5.60. The highest BCUT2D eigenvalue weighted by atomic mass is 35.5. The predicted molar refractivity (Wildman–Crippen MR) is 82.8 cm³/mol. The number of hydrogen-bond acceptors (Lipinski definition) is 5. The van der Waals surface area contributed by atoms with Gasteiger partial charge < -0.3 is 5.73 Å². The molecule has 0 aliphatic rings. The molecule has 0 aliphatic carbocycles. The van der Waals surface area contributed by atoms with Crippen molar-refractivity contribution in [1.82, 2.24) is 9.97 Å². The van der Waals surface area contributed by atoms with Crippen LogP contribution in [0.1, 0.15) is 5.82 Å². The number of anilines is 1. The molecule has 2 heterocycles. The van der Waals surface area contributed by atoms with Gasteiger partial charge in [0, 0.05) is 9.92 Å². The number of rotatable bonds is 3. The van der Waals surface area contributed by atoms with Gasteiger partial charge in [0.1, 0.15) is 16.5 Å². The maximum absolute atomic E-state index is 5.95. The van der Waals surface area contributed by atoms with E-state index in [9.17, 15) is 0 Å². The smallest absolute Gasteiger partial charge is 0.142 e. The number of hydrogen-bond donors (Lipinski definition) is 1. The molecule has 0 spiro atoms. The highest BCUT2D eigenvalue weighted by Gasteiger charge is 2.06. The molecule has 0 aliphatic heterocycles. The summed E-state index contributed by atoms with van der Waals surface area (Å²) in [6.45, 7) is 0. The lowest BCUT2D eigenvalue weighted by atomic mass is 10.4. The summed E-state index contributed by atoms with van der Waals surface area (Å²) in [6.07, 6.45) is 0. The molecule has 0 fully saturated rings. The van der Waals surface area contributed by atoms with E-state index in [2.05, 4.69) is 9.97 Å². The maximum atomic E-state index is 5.95. The number of nitrogens with zero attached hydrogens (tertiary/aromatic N) is 2. The molecule has 1 aromatic carbocycles. The van der Waals surface area contributed by atoms with Crippen LogP contribution in [0.3, 0.4) is 0 Å². The Hall–Kier alpha value is -1.30. The zero-order valence-corrected chi connectivity index (χ0v) is 12.2. The summed E-state index contributed by atoms with van der Waals surface area (Å²) in [7, 11) is 0. The first kappa shape index (κ1) is 12.7. The van der Waals surface area contributed by atoms with Gasteiger partial charge in [-0.15, -0.1) is 23.1 Å². The molecule has 3 nitrogen and oxygen atoms in total. The second-order valence-corrected chi connectivity index (χ2v) is 6.29. The van der Waals surface area contributed by atoms with Crippen molar-refractivity contribution in [3.63, 3.8) is 0 Å². The van der Waals surface area contributed by atoms with Crippen LogP contribution in [0.15, 0.2) is 40.6 Å². The molecule has 2 N–H and O–H groups in total. The SMILES string of the molecule is Nc1nc(CSc2cccc(Cl)c2)nc2sccc12. The van der Waals surface area contributed by atoms with Crippen molar-refractivity contribution < 1.29 is 0 Å². The van der Waals surface area contributed by atoms with E-state index in [1.165, 1.54) is 0 Å². The Bertz CT molecular complexity index is 727. The van der Waals surface area contributed by atoms with Crippen LogP contribution in [-0.4, -0.2) is 9.97 Å². The van der Waals surface area contributed by atoms with E-state index in [1.807, 2.05) is 35.7 Å². The van der Waals surface area contributed by atoms with Crippen molar-refractivity contribution in [2.24, 2.45) is 0 Å². The second kappa shape index (κ2) is 5.36.